The van der Waals surface area contributed by atoms with Crippen LogP contribution in [0.1, 0.15) is 40.5 Å². The third-order valence-corrected chi connectivity index (χ3v) is 2.45. The standard InChI is InChI=1S/C10H17FO/c1-9(2,3)8(12)7-5-10(4,11)6-7/h7H,5-6H2,1-4H3. The highest BCUT2D eigenvalue weighted by Gasteiger charge is 2.46. The average Bonchev–Trinajstić information content (AvgIpc) is 1.78. The van der Waals surface area contributed by atoms with Gasteiger partial charge in [-0.05, 0) is 19.8 Å². The molecule has 0 bridgehead atoms. The summed E-state index contributed by atoms with van der Waals surface area (Å²) < 4.78 is 13.1. The van der Waals surface area contributed by atoms with Crippen molar-refractivity contribution in [3.05, 3.63) is 0 Å². The molecular weight excluding hydrogens is 155 g/mol. The highest BCUT2D eigenvalue weighted by Crippen LogP contribution is 2.43. The van der Waals surface area contributed by atoms with Crippen LogP contribution in [0.3, 0.4) is 0 Å². The van der Waals surface area contributed by atoms with Gasteiger partial charge in [0.1, 0.15) is 11.5 Å². The third-order valence-electron chi connectivity index (χ3n) is 2.45. The topological polar surface area (TPSA) is 17.1 Å². The highest BCUT2D eigenvalue weighted by atomic mass is 19.1. The first-order valence-corrected chi connectivity index (χ1v) is 4.46. The van der Waals surface area contributed by atoms with Crippen LogP contribution in [0.25, 0.3) is 0 Å². The van der Waals surface area contributed by atoms with Crippen molar-refractivity contribution in [3.63, 3.8) is 0 Å². The molecule has 12 heavy (non-hydrogen) atoms. The van der Waals surface area contributed by atoms with Crippen LogP contribution >= 0.6 is 0 Å². The molecule has 0 saturated heterocycles. The van der Waals surface area contributed by atoms with Crippen molar-refractivity contribution in [1.82, 2.24) is 0 Å². The zero-order chi connectivity index (χ0) is 9.57. The average molecular weight is 172 g/mol. The molecule has 0 aromatic carbocycles. The van der Waals surface area contributed by atoms with Gasteiger partial charge in [0.05, 0.1) is 0 Å². The van der Waals surface area contributed by atoms with Gasteiger partial charge in [-0.3, -0.25) is 4.79 Å². The van der Waals surface area contributed by atoms with Crippen molar-refractivity contribution in [2.24, 2.45) is 11.3 Å². The van der Waals surface area contributed by atoms with E-state index in [1.165, 1.54) is 0 Å². The maximum Gasteiger partial charge on any atom is 0.141 e. The Bertz CT molecular complexity index is 192. The predicted molar refractivity (Wildman–Crippen MR) is 46.7 cm³/mol. The molecule has 0 aliphatic heterocycles. The summed E-state index contributed by atoms with van der Waals surface area (Å²) in [5.74, 6) is 0.178. The van der Waals surface area contributed by atoms with Gasteiger partial charge >= 0.3 is 0 Å². The number of alkyl halides is 1. The van der Waals surface area contributed by atoms with Crippen LogP contribution in [0.15, 0.2) is 0 Å². The number of Topliss-reactive ketones (excluding diaryl/α,β-unsaturated/α-hetero) is 1. The Morgan fingerprint density at radius 2 is 1.83 bits per heavy atom. The van der Waals surface area contributed by atoms with Gasteiger partial charge in [-0.25, -0.2) is 4.39 Å². The van der Waals surface area contributed by atoms with Crippen molar-refractivity contribution in [2.45, 2.75) is 46.2 Å². The minimum Gasteiger partial charge on any atom is -0.299 e. The van der Waals surface area contributed by atoms with Crippen LogP contribution in [-0.4, -0.2) is 11.5 Å². The normalized spacial score (nSPS) is 35.9. The molecule has 0 amide bonds. The minimum absolute atomic E-state index is 0.0278. The third kappa shape index (κ3) is 1.85. The summed E-state index contributed by atoms with van der Waals surface area (Å²) in [6, 6.07) is 0. The van der Waals surface area contributed by atoms with E-state index in [0.717, 1.165) is 0 Å². The van der Waals surface area contributed by atoms with Crippen LogP contribution < -0.4 is 0 Å². The second-order valence-electron chi connectivity index (χ2n) is 5.13. The smallest absolute Gasteiger partial charge is 0.141 e. The Kier molecular flexibility index (Phi) is 2.05. The van der Waals surface area contributed by atoms with Crippen LogP contribution in [0.5, 0.6) is 0 Å². The monoisotopic (exact) mass is 172 g/mol. The Morgan fingerprint density at radius 1 is 1.42 bits per heavy atom. The Hall–Kier alpha value is -0.400. The predicted octanol–water partition coefficient (Wildman–Crippen LogP) is 2.74. The molecule has 1 aliphatic carbocycles. The fourth-order valence-corrected chi connectivity index (χ4v) is 1.77. The molecule has 0 unspecified atom stereocenters. The second kappa shape index (κ2) is 2.54. The fraction of sp³-hybridized carbons (Fsp3) is 0.900. The minimum atomic E-state index is -1.08. The van der Waals surface area contributed by atoms with E-state index in [9.17, 15) is 9.18 Å². The first-order valence-electron chi connectivity index (χ1n) is 4.46. The van der Waals surface area contributed by atoms with Gasteiger partial charge in [0.2, 0.25) is 0 Å². The van der Waals surface area contributed by atoms with Crippen molar-refractivity contribution >= 4 is 5.78 Å². The summed E-state index contributed by atoms with van der Waals surface area (Å²) in [5.41, 5.74) is -1.38. The lowest BCUT2D eigenvalue weighted by Crippen LogP contribution is -2.44. The summed E-state index contributed by atoms with van der Waals surface area (Å²) in [5, 5.41) is 0. The molecule has 1 saturated carbocycles. The summed E-state index contributed by atoms with van der Waals surface area (Å²) in [7, 11) is 0. The van der Waals surface area contributed by atoms with Crippen LogP contribution in [-0.2, 0) is 4.79 Å². The van der Waals surface area contributed by atoms with Gasteiger partial charge in [-0.1, -0.05) is 20.8 Å². The number of carbonyl (C=O) groups excluding carboxylic acids is 1. The Labute approximate surface area is 73.3 Å². The molecular formula is C10H17FO. The number of halogens is 1. The lowest BCUT2D eigenvalue weighted by atomic mass is 9.66. The second-order valence-corrected chi connectivity index (χ2v) is 5.13. The zero-order valence-electron chi connectivity index (χ0n) is 8.28. The fourth-order valence-electron chi connectivity index (χ4n) is 1.77. The van der Waals surface area contributed by atoms with Crippen molar-refractivity contribution in [3.8, 4) is 0 Å². The summed E-state index contributed by atoms with van der Waals surface area (Å²) in [6.45, 7) is 7.25. The van der Waals surface area contributed by atoms with Crippen LogP contribution in [0, 0.1) is 11.3 Å². The van der Waals surface area contributed by atoms with E-state index in [4.69, 9.17) is 0 Å². The summed E-state index contributed by atoms with van der Waals surface area (Å²) in [4.78, 5) is 11.6. The Balaban J connectivity index is 2.50. The van der Waals surface area contributed by atoms with E-state index in [0.29, 0.717) is 12.8 Å². The van der Waals surface area contributed by atoms with Gasteiger partial charge in [0.25, 0.3) is 0 Å². The van der Waals surface area contributed by atoms with Crippen LogP contribution in [0.2, 0.25) is 0 Å². The molecule has 1 fully saturated rings. The molecule has 2 heteroatoms. The molecule has 0 spiro atoms. The molecule has 1 rings (SSSR count). The molecule has 0 aromatic rings. The summed E-state index contributed by atoms with van der Waals surface area (Å²) in [6.07, 6.45) is 0.839. The van der Waals surface area contributed by atoms with Crippen LogP contribution in [0.4, 0.5) is 4.39 Å². The molecule has 0 heterocycles. The first-order chi connectivity index (χ1) is 5.22. The summed E-state index contributed by atoms with van der Waals surface area (Å²) >= 11 is 0. The molecule has 0 aromatic heterocycles. The maximum atomic E-state index is 13.1. The number of carbonyl (C=O) groups is 1. The number of hydrogen-bond acceptors (Lipinski definition) is 1. The van der Waals surface area contributed by atoms with Crippen molar-refractivity contribution < 1.29 is 9.18 Å². The molecule has 0 radical (unpaired) electrons. The van der Waals surface area contributed by atoms with Crippen molar-refractivity contribution in [2.75, 3.05) is 0 Å². The molecule has 70 valence electrons. The quantitative estimate of drug-likeness (QED) is 0.594. The van der Waals surface area contributed by atoms with Gasteiger partial charge in [-0.2, -0.15) is 0 Å². The number of ketones is 1. The van der Waals surface area contributed by atoms with E-state index in [1.807, 2.05) is 20.8 Å². The van der Waals surface area contributed by atoms with Gasteiger partial charge in [0, 0.05) is 11.3 Å². The lowest BCUT2D eigenvalue weighted by molar-refractivity contribution is -0.138. The SMILES string of the molecule is CC1(F)CC(C(=O)C(C)(C)C)C1. The van der Waals surface area contributed by atoms with E-state index in [2.05, 4.69) is 0 Å². The molecule has 0 N–H and O–H groups in total. The molecule has 0 atom stereocenters. The number of rotatable bonds is 1. The first kappa shape index (κ1) is 9.69. The van der Waals surface area contributed by atoms with E-state index in [1.54, 1.807) is 6.92 Å². The lowest BCUT2D eigenvalue weighted by Gasteiger charge is -2.40. The highest BCUT2D eigenvalue weighted by molar-refractivity contribution is 5.87. The van der Waals surface area contributed by atoms with E-state index >= 15 is 0 Å². The zero-order valence-corrected chi connectivity index (χ0v) is 8.28. The Morgan fingerprint density at radius 3 is 2.08 bits per heavy atom. The largest absolute Gasteiger partial charge is 0.299 e. The van der Waals surface area contributed by atoms with Gasteiger partial charge < -0.3 is 0 Å². The van der Waals surface area contributed by atoms with Crippen molar-refractivity contribution in [1.29, 1.82) is 0 Å². The number of hydrogen-bond donors (Lipinski definition) is 0. The van der Waals surface area contributed by atoms with E-state index in [-0.39, 0.29) is 17.1 Å². The molecule has 1 aliphatic rings. The van der Waals surface area contributed by atoms with Gasteiger partial charge in [0.15, 0.2) is 0 Å². The molecule has 1 nitrogen and oxygen atoms in total. The maximum absolute atomic E-state index is 13.1. The van der Waals surface area contributed by atoms with Gasteiger partial charge in [-0.15, -0.1) is 0 Å². The van der Waals surface area contributed by atoms with E-state index < -0.39 is 5.67 Å².